The van der Waals surface area contributed by atoms with Crippen molar-refractivity contribution in [3.63, 3.8) is 0 Å². The van der Waals surface area contributed by atoms with Crippen molar-refractivity contribution < 1.29 is 4.74 Å². The van der Waals surface area contributed by atoms with Crippen molar-refractivity contribution in [1.29, 1.82) is 0 Å². The second kappa shape index (κ2) is 6.75. The standard InChI is InChI=1S/C12H19NOS/c1-4-7-13-9-10-5-6-12(15-3)11(8-10)14-2/h5-6,8,13H,4,7,9H2,1-3H3. The summed E-state index contributed by atoms with van der Waals surface area (Å²) in [6.07, 6.45) is 3.23. The Kier molecular flexibility index (Phi) is 5.58. The zero-order valence-corrected chi connectivity index (χ0v) is 10.5. The molecule has 0 fully saturated rings. The van der Waals surface area contributed by atoms with Crippen LogP contribution in [0.25, 0.3) is 0 Å². The Balaban J connectivity index is 2.66. The molecule has 0 heterocycles. The predicted octanol–water partition coefficient (Wildman–Crippen LogP) is 2.92. The number of benzene rings is 1. The minimum atomic E-state index is 0.916. The lowest BCUT2D eigenvalue weighted by molar-refractivity contribution is 0.404. The van der Waals surface area contributed by atoms with E-state index >= 15 is 0 Å². The van der Waals surface area contributed by atoms with Crippen LogP contribution < -0.4 is 10.1 Å². The molecule has 0 amide bonds. The van der Waals surface area contributed by atoms with E-state index in [1.54, 1.807) is 18.9 Å². The van der Waals surface area contributed by atoms with Gasteiger partial charge in [0.05, 0.1) is 7.11 Å². The van der Waals surface area contributed by atoms with Crippen LogP contribution in [0.2, 0.25) is 0 Å². The Morgan fingerprint density at radius 2 is 2.20 bits per heavy atom. The summed E-state index contributed by atoms with van der Waals surface area (Å²) in [5, 5.41) is 3.38. The van der Waals surface area contributed by atoms with E-state index in [-0.39, 0.29) is 0 Å². The van der Waals surface area contributed by atoms with Gasteiger partial charge in [0.2, 0.25) is 0 Å². The largest absolute Gasteiger partial charge is 0.496 e. The highest BCUT2D eigenvalue weighted by molar-refractivity contribution is 7.98. The smallest absolute Gasteiger partial charge is 0.132 e. The molecule has 0 radical (unpaired) electrons. The lowest BCUT2D eigenvalue weighted by Gasteiger charge is -2.09. The maximum Gasteiger partial charge on any atom is 0.132 e. The average Bonchev–Trinajstić information content (AvgIpc) is 2.29. The van der Waals surface area contributed by atoms with Crippen molar-refractivity contribution >= 4 is 11.8 Å². The first-order chi connectivity index (χ1) is 7.31. The van der Waals surface area contributed by atoms with E-state index in [9.17, 15) is 0 Å². The molecule has 1 N–H and O–H groups in total. The van der Waals surface area contributed by atoms with Gasteiger partial charge in [-0.15, -0.1) is 11.8 Å². The van der Waals surface area contributed by atoms with Crippen molar-refractivity contribution in [1.82, 2.24) is 5.32 Å². The number of methoxy groups -OCH3 is 1. The van der Waals surface area contributed by atoms with Crippen LogP contribution >= 0.6 is 11.8 Å². The summed E-state index contributed by atoms with van der Waals surface area (Å²) >= 11 is 1.71. The number of nitrogens with one attached hydrogen (secondary N) is 1. The quantitative estimate of drug-likeness (QED) is 0.594. The van der Waals surface area contributed by atoms with Gasteiger partial charge in [0, 0.05) is 11.4 Å². The molecule has 1 aromatic rings. The van der Waals surface area contributed by atoms with Crippen LogP contribution in [0.15, 0.2) is 23.1 Å². The molecule has 84 valence electrons. The molecule has 0 aliphatic rings. The van der Waals surface area contributed by atoms with Crippen LogP contribution in [0.5, 0.6) is 5.75 Å². The molecule has 0 aliphatic heterocycles. The minimum absolute atomic E-state index is 0.916. The number of thioether (sulfide) groups is 1. The fourth-order valence-electron chi connectivity index (χ4n) is 1.40. The summed E-state index contributed by atoms with van der Waals surface area (Å²) in [6, 6.07) is 6.37. The molecule has 0 bridgehead atoms. The highest BCUT2D eigenvalue weighted by atomic mass is 32.2. The summed E-state index contributed by atoms with van der Waals surface area (Å²) < 4.78 is 5.33. The van der Waals surface area contributed by atoms with Gasteiger partial charge in [0.1, 0.15) is 5.75 Å². The Hall–Kier alpha value is -0.670. The lowest BCUT2D eigenvalue weighted by atomic mass is 10.2. The Bertz CT molecular complexity index is 302. The van der Waals surface area contributed by atoms with Crippen LogP contribution in [0.1, 0.15) is 18.9 Å². The van der Waals surface area contributed by atoms with Crippen LogP contribution in [0.4, 0.5) is 0 Å². The first kappa shape index (κ1) is 12.4. The average molecular weight is 225 g/mol. The van der Waals surface area contributed by atoms with E-state index in [4.69, 9.17) is 4.74 Å². The Morgan fingerprint density at radius 1 is 1.40 bits per heavy atom. The fourth-order valence-corrected chi connectivity index (χ4v) is 1.95. The molecular weight excluding hydrogens is 206 g/mol. The summed E-state index contributed by atoms with van der Waals surface area (Å²) in [6.45, 7) is 4.15. The normalized spacial score (nSPS) is 10.3. The van der Waals surface area contributed by atoms with Gasteiger partial charge in [-0.2, -0.15) is 0 Å². The van der Waals surface area contributed by atoms with Gasteiger partial charge < -0.3 is 10.1 Å². The maximum absolute atomic E-state index is 5.33. The van der Waals surface area contributed by atoms with Crippen molar-refractivity contribution in [2.45, 2.75) is 24.8 Å². The van der Waals surface area contributed by atoms with Crippen molar-refractivity contribution in [2.75, 3.05) is 19.9 Å². The monoisotopic (exact) mass is 225 g/mol. The topological polar surface area (TPSA) is 21.3 Å². The molecule has 0 unspecified atom stereocenters. The molecular formula is C12H19NOS. The highest BCUT2D eigenvalue weighted by Crippen LogP contribution is 2.28. The van der Waals surface area contributed by atoms with Gasteiger partial charge >= 0.3 is 0 Å². The molecule has 3 heteroatoms. The van der Waals surface area contributed by atoms with E-state index in [0.29, 0.717) is 0 Å². The third-order valence-electron chi connectivity index (χ3n) is 2.20. The molecule has 0 aliphatic carbocycles. The Labute approximate surface area is 96.4 Å². The minimum Gasteiger partial charge on any atom is -0.496 e. The number of rotatable bonds is 6. The number of hydrogen-bond acceptors (Lipinski definition) is 3. The van der Waals surface area contributed by atoms with Gasteiger partial charge in [0.15, 0.2) is 0 Å². The summed E-state index contributed by atoms with van der Waals surface area (Å²) in [4.78, 5) is 1.19. The Morgan fingerprint density at radius 3 is 2.80 bits per heavy atom. The second-order valence-corrected chi connectivity index (χ2v) is 4.21. The molecule has 0 saturated heterocycles. The number of hydrogen-bond donors (Lipinski definition) is 1. The van der Waals surface area contributed by atoms with Gasteiger partial charge in [-0.1, -0.05) is 13.0 Å². The van der Waals surface area contributed by atoms with Gasteiger partial charge in [-0.3, -0.25) is 0 Å². The first-order valence-corrected chi connectivity index (χ1v) is 6.46. The lowest BCUT2D eigenvalue weighted by Crippen LogP contribution is -2.13. The van der Waals surface area contributed by atoms with Crippen LogP contribution in [0, 0.1) is 0 Å². The van der Waals surface area contributed by atoms with Crippen molar-refractivity contribution in [3.05, 3.63) is 23.8 Å². The summed E-state index contributed by atoms with van der Waals surface area (Å²) in [5.41, 5.74) is 1.28. The van der Waals surface area contributed by atoms with Crippen molar-refractivity contribution in [3.8, 4) is 5.75 Å². The van der Waals surface area contributed by atoms with E-state index in [1.165, 1.54) is 16.9 Å². The summed E-state index contributed by atoms with van der Waals surface area (Å²) in [5.74, 6) is 0.971. The molecule has 1 rings (SSSR count). The van der Waals surface area contributed by atoms with Gasteiger partial charge in [-0.25, -0.2) is 0 Å². The highest BCUT2D eigenvalue weighted by Gasteiger charge is 2.02. The zero-order valence-electron chi connectivity index (χ0n) is 9.67. The fraction of sp³-hybridized carbons (Fsp3) is 0.500. The van der Waals surface area contributed by atoms with Gasteiger partial charge in [-0.05, 0) is 36.9 Å². The molecule has 0 saturated carbocycles. The number of ether oxygens (including phenoxy) is 1. The maximum atomic E-state index is 5.33. The van der Waals surface area contributed by atoms with Gasteiger partial charge in [0.25, 0.3) is 0 Å². The molecule has 2 nitrogen and oxygen atoms in total. The van der Waals surface area contributed by atoms with Crippen LogP contribution in [0.3, 0.4) is 0 Å². The third kappa shape index (κ3) is 3.76. The van der Waals surface area contributed by atoms with Crippen LogP contribution in [-0.4, -0.2) is 19.9 Å². The second-order valence-electron chi connectivity index (χ2n) is 3.37. The molecule has 0 aromatic heterocycles. The van der Waals surface area contributed by atoms with E-state index in [1.807, 2.05) is 0 Å². The van der Waals surface area contributed by atoms with E-state index in [2.05, 4.69) is 36.7 Å². The van der Waals surface area contributed by atoms with E-state index in [0.717, 1.165) is 18.8 Å². The molecule has 15 heavy (non-hydrogen) atoms. The zero-order chi connectivity index (χ0) is 11.1. The molecule has 0 spiro atoms. The van der Waals surface area contributed by atoms with E-state index < -0.39 is 0 Å². The first-order valence-electron chi connectivity index (χ1n) is 5.23. The predicted molar refractivity (Wildman–Crippen MR) is 66.8 cm³/mol. The third-order valence-corrected chi connectivity index (χ3v) is 2.98. The summed E-state index contributed by atoms with van der Waals surface area (Å²) in [7, 11) is 1.72. The van der Waals surface area contributed by atoms with Crippen LogP contribution in [-0.2, 0) is 6.54 Å². The van der Waals surface area contributed by atoms with Crippen molar-refractivity contribution in [2.24, 2.45) is 0 Å². The molecule has 0 atom stereocenters. The molecule has 1 aromatic carbocycles. The SMILES string of the molecule is CCCNCc1ccc(SC)c(OC)c1.